The number of rotatable bonds is 8. The van der Waals surface area contributed by atoms with Gasteiger partial charge in [0.2, 0.25) is 5.82 Å². The van der Waals surface area contributed by atoms with Crippen LogP contribution >= 0.6 is 23.2 Å². The second-order valence-corrected chi connectivity index (χ2v) is 7.46. The molecule has 1 N–H and O–H groups in total. The first-order valence-electron chi connectivity index (χ1n) is 9.10. The van der Waals surface area contributed by atoms with E-state index in [4.69, 9.17) is 32.4 Å². The predicted octanol–water partition coefficient (Wildman–Crippen LogP) is 3.14. The molecule has 1 fully saturated rings. The van der Waals surface area contributed by atoms with E-state index in [1.807, 2.05) is 0 Å². The van der Waals surface area contributed by atoms with E-state index in [-0.39, 0.29) is 37.3 Å². The molecule has 4 rings (SSSR count). The highest BCUT2D eigenvalue weighted by molar-refractivity contribution is 6.35. The van der Waals surface area contributed by atoms with E-state index in [0.29, 0.717) is 27.4 Å². The molecule has 2 heterocycles. The number of furan rings is 1. The van der Waals surface area contributed by atoms with Gasteiger partial charge in [-0.05, 0) is 43.2 Å². The van der Waals surface area contributed by atoms with Crippen molar-refractivity contribution in [1.82, 2.24) is 19.7 Å². The molecule has 1 aliphatic carbocycles. The molecule has 1 aromatic carbocycles. The number of hydrogen-bond acceptors (Lipinski definition) is 5. The molecule has 0 radical (unpaired) electrons. The van der Waals surface area contributed by atoms with Gasteiger partial charge in [-0.1, -0.05) is 23.2 Å². The van der Waals surface area contributed by atoms with Crippen LogP contribution in [0.5, 0.6) is 5.75 Å². The van der Waals surface area contributed by atoms with Crippen LogP contribution in [-0.4, -0.2) is 33.4 Å². The Labute approximate surface area is 176 Å². The van der Waals surface area contributed by atoms with Crippen LogP contribution < -0.4 is 15.7 Å². The van der Waals surface area contributed by atoms with Gasteiger partial charge in [0.1, 0.15) is 5.75 Å². The number of amides is 1. The van der Waals surface area contributed by atoms with E-state index >= 15 is 0 Å². The molecule has 8 nitrogen and oxygen atoms in total. The highest BCUT2D eigenvalue weighted by atomic mass is 35.5. The Kier molecular flexibility index (Phi) is 5.64. The average molecular weight is 437 g/mol. The largest absolute Gasteiger partial charge is 0.482 e. The monoisotopic (exact) mass is 436 g/mol. The molecule has 0 bridgehead atoms. The molecule has 0 aliphatic heterocycles. The molecule has 0 spiro atoms. The van der Waals surface area contributed by atoms with Gasteiger partial charge < -0.3 is 14.5 Å². The molecule has 0 saturated heterocycles. The quantitative estimate of drug-likeness (QED) is 0.585. The third-order valence-electron chi connectivity index (χ3n) is 4.42. The van der Waals surface area contributed by atoms with Gasteiger partial charge >= 0.3 is 5.69 Å². The zero-order valence-corrected chi connectivity index (χ0v) is 16.8. The van der Waals surface area contributed by atoms with E-state index < -0.39 is 0 Å². The fourth-order valence-corrected chi connectivity index (χ4v) is 3.35. The van der Waals surface area contributed by atoms with E-state index in [2.05, 4.69) is 10.4 Å². The molecular weight excluding hydrogens is 419 g/mol. The number of hydrogen-bond donors (Lipinski definition) is 1. The molecule has 10 heteroatoms. The van der Waals surface area contributed by atoms with Crippen LogP contribution in [0.3, 0.4) is 0 Å². The number of carbonyl (C=O) groups is 1. The lowest BCUT2D eigenvalue weighted by Gasteiger charge is -2.08. The summed E-state index contributed by atoms with van der Waals surface area (Å²) in [5.74, 6) is 1.09. The maximum absolute atomic E-state index is 12.7. The smallest absolute Gasteiger partial charge is 0.346 e. The summed E-state index contributed by atoms with van der Waals surface area (Å²) >= 11 is 11.8. The molecule has 0 atom stereocenters. The number of nitrogens with one attached hydrogen (secondary N) is 1. The second kappa shape index (κ2) is 8.34. The van der Waals surface area contributed by atoms with Gasteiger partial charge in [-0.3, -0.25) is 9.36 Å². The van der Waals surface area contributed by atoms with Crippen LogP contribution in [0, 0.1) is 0 Å². The zero-order valence-electron chi connectivity index (χ0n) is 15.3. The van der Waals surface area contributed by atoms with Gasteiger partial charge in [-0.15, -0.1) is 5.10 Å². The van der Waals surface area contributed by atoms with Crippen molar-refractivity contribution in [3.05, 3.63) is 57.1 Å². The first-order chi connectivity index (χ1) is 14.0. The van der Waals surface area contributed by atoms with E-state index in [9.17, 15) is 9.59 Å². The summed E-state index contributed by atoms with van der Waals surface area (Å²) in [5.41, 5.74) is -0.211. The lowest BCUT2D eigenvalue weighted by atomic mass is 10.3. The summed E-state index contributed by atoms with van der Waals surface area (Å²) in [6, 6.07) is 8.44. The Morgan fingerprint density at radius 3 is 2.83 bits per heavy atom. The van der Waals surface area contributed by atoms with Crippen LogP contribution in [0.2, 0.25) is 10.0 Å². The number of nitrogens with zero attached hydrogens (tertiary/aromatic N) is 3. The standard InChI is InChI=1S/C19H18Cl2N4O4/c20-12-3-6-15(14(21)10-12)29-11-17(26)22-7-8-24-19(27)25(13-4-5-13)18(23-24)16-2-1-9-28-16/h1-3,6,9-10,13H,4-5,7-8,11H2,(H,22,26). The molecule has 1 aliphatic rings. The molecule has 0 unspecified atom stereocenters. The van der Waals surface area contributed by atoms with Gasteiger partial charge in [0.25, 0.3) is 5.91 Å². The summed E-state index contributed by atoms with van der Waals surface area (Å²) in [6.45, 7) is 0.264. The Bertz CT molecular complexity index is 1070. The van der Waals surface area contributed by atoms with Crippen molar-refractivity contribution in [3.8, 4) is 17.3 Å². The summed E-state index contributed by atoms with van der Waals surface area (Å²) in [5, 5.41) is 7.90. The van der Waals surface area contributed by atoms with Gasteiger partial charge in [-0.2, -0.15) is 0 Å². The summed E-state index contributed by atoms with van der Waals surface area (Å²) in [4.78, 5) is 24.7. The molecule has 1 saturated carbocycles. The topological polar surface area (TPSA) is 91.3 Å². The molecule has 152 valence electrons. The maximum Gasteiger partial charge on any atom is 0.346 e. The van der Waals surface area contributed by atoms with Crippen molar-refractivity contribution in [1.29, 1.82) is 0 Å². The lowest BCUT2D eigenvalue weighted by molar-refractivity contribution is -0.123. The number of benzene rings is 1. The summed E-state index contributed by atoms with van der Waals surface area (Å²) in [7, 11) is 0. The van der Waals surface area contributed by atoms with Crippen molar-refractivity contribution in [2.24, 2.45) is 0 Å². The summed E-state index contributed by atoms with van der Waals surface area (Å²) < 4.78 is 13.8. The first kappa shape index (κ1) is 19.6. The minimum Gasteiger partial charge on any atom is -0.482 e. The number of aromatic nitrogens is 3. The summed E-state index contributed by atoms with van der Waals surface area (Å²) in [6.07, 6.45) is 3.44. The van der Waals surface area contributed by atoms with Crippen LogP contribution in [0.15, 0.2) is 45.8 Å². The Morgan fingerprint density at radius 2 is 2.14 bits per heavy atom. The number of carbonyl (C=O) groups excluding carboxylic acids is 1. The first-order valence-corrected chi connectivity index (χ1v) is 9.86. The SMILES string of the molecule is O=C(COc1ccc(Cl)cc1Cl)NCCn1nc(-c2ccco2)n(C2CC2)c1=O. The average Bonchev–Trinajstić information content (AvgIpc) is 3.26. The van der Waals surface area contributed by atoms with E-state index in [1.165, 1.54) is 10.7 Å². The zero-order chi connectivity index (χ0) is 20.4. The third kappa shape index (κ3) is 4.49. The maximum atomic E-state index is 12.7. The fraction of sp³-hybridized carbons (Fsp3) is 0.316. The Morgan fingerprint density at radius 1 is 1.31 bits per heavy atom. The van der Waals surface area contributed by atoms with Crippen molar-refractivity contribution < 1.29 is 13.9 Å². The lowest BCUT2D eigenvalue weighted by Crippen LogP contribution is -2.34. The van der Waals surface area contributed by atoms with Gasteiger partial charge in [-0.25, -0.2) is 9.48 Å². The van der Waals surface area contributed by atoms with Gasteiger partial charge in [0.15, 0.2) is 12.4 Å². The molecule has 29 heavy (non-hydrogen) atoms. The molecule has 3 aromatic rings. The van der Waals surface area contributed by atoms with Crippen molar-refractivity contribution >= 4 is 29.1 Å². The van der Waals surface area contributed by atoms with E-state index in [1.54, 1.807) is 35.1 Å². The van der Waals surface area contributed by atoms with E-state index in [0.717, 1.165) is 12.8 Å². The second-order valence-electron chi connectivity index (χ2n) is 6.62. The Hall–Kier alpha value is -2.71. The minimum absolute atomic E-state index is 0.156. The molecular formula is C19H18Cl2N4O4. The van der Waals surface area contributed by atoms with Gasteiger partial charge in [0, 0.05) is 17.6 Å². The minimum atomic E-state index is -0.336. The van der Waals surface area contributed by atoms with Gasteiger partial charge in [0.05, 0.1) is 17.8 Å². The molecule has 1 amide bonds. The number of ether oxygens (including phenoxy) is 1. The van der Waals surface area contributed by atoms with Crippen molar-refractivity contribution in [3.63, 3.8) is 0 Å². The number of halogens is 2. The van der Waals surface area contributed by atoms with Crippen molar-refractivity contribution in [2.45, 2.75) is 25.4 Å². The van der Waals surface area contributed by atoms with Crippen LogP contribution in [0.4, 0.5) is 0 Å². The highest BCUT2D eigenvalue weighted by Crippen LogP contribution is 2.36. The fourth-order valence-electron chi connectivity index (χ4n) is 2.89. The van der Waals surface area contributed by atoms with Crippen LogP contribution in [-0.2, 0) is 11.3 Å². The predicted molar refractivity (Wildman–Crippen MR) is 107 cm³/mol. The van der Waals surface area contributed by atoms with Crippen molar-refractivity contribution in [2.75, 3.05) is 13.2 Å². The normalized spacial score (nSPS) is 13.4. The van der Waals surface area contributed by atoms with Crippen LogP contribution in [0.1, 0.15) is 18.9 Å². The molecule has 2 aromatic heterocycles. The Balaban J connectivity index is 1.34. The van der Waals surface area contributed by atoms with Crippen LogP contribution in [0.25, 0.3) is 11.6 Å². The highest BCUT2D eigenvalue weighted by Gasteiger charge is 2.31. The third-order valence-corrected chi connectivity index (χ3v) is 4.95.